The van der Waals surface area contributed by atoms with Crippen LogP contribution in [0.1, 0.15) is 28.5 Å². The highest BCUT2D eigenvalue weighted by molar-refractivity contribution is 6.02. The predicted molar refractivity (Wildman–Crippen MR) is 95.1 cm³/mol. The van der Waals surface area contributed by atoms with Crippen LogP contribution in [0.3, 0.4) is 0 Å². The van der Waals surface area contributed by atoms with Crippen LogP contribution in [-0.4, -0.2) is 27.3 Å². The van der Waals surface area contributed by atoms with Crippen molar-refractivity contribution in [3.63, 3.8) is 0 Å². The minimum absolute atomic E-state index is 0.0930. The van der Waals surface area contributed by atoms with E-state index in [2.05, 4.69) is 4.98 Å². The summed E-state index contributed by atoms with van der Waals surface area (Å²) in [5.74, 6) is -0.981. The molecule has 3 aromatic rings. The quantitative estimate of drug-likeness (QED) is 0.404. The van der Waals surface area contributed by atoms with E-state index in [0.29, 0.717) is 18.7 Å². The van der Waals surface area contributed by atoms with Gasteiger partial charge in [-0.15, -0.1) is 0 Å². The lowest BCUT2D eigenvalue weighted by Crippen LogP contribution is -2.21. The van der Waals surface area contributed by atoms with Crippen molar-refractivity contribution in [2.75, 3.05) is 6.61 Å². The molecule has 134 valence electrons. The zero-order valence-electron chi connectivity index (χ0n) is 14.1. The van der Waals surface area contributed by atoms with E-state index in [0.717, 1.165) is 16.5 Å². The Morgan fingerprint density at radius 3 is 2.81 bits per heavy atom. The maximum atomic E-state index is 13.1. The van der Waals surface area contributed by atoms with Gasteiger partial charge in [-0.3, -0.25) is 10.0 Å². The topological polar surface area (TPSA) is 76.4 Å². The highest BCUT2D eigenvalue weighted by Gasteiger charge is 2.16. The van der Waals surface area contributed by atoms with Crippen molar-refractivity contribution in [1.82, 2.24) is 15.0 Å². The summed E-state index contributed by atoms with van der Waals surface area (Å²) in [6.45, 7) is 2.88. The van der Waals surface area contributed by atoms with Gasteiger partial charge in [0.1, 0.15) is 11.5 Å². The third kappa shape index (κ3) is 3.57. The first-order valence-corrected chi connectivity index (χ1v) is 8.09. The number of hydroxylamine groups is 1. The second-order valence-corrected chi connectivity index (χ2v) is 5.59. The van der Waals surface area contributed by atoms with E-state index in [1.165, 1.54) is 18.4 Å². The molecule has 6 nitrogen and oxygen atoms in total. The van der Waals surface area contributed by atoms with Crippen molar-refractivity contribution in [1.29, 1.82) is 0 Å². The summed E-state index contributed by atoms with van der Waals surface area (Å²) in [5, 5.41) is 9.74. The number of ether oxygens (including phenoxy) is 1. The highest BCUT2D eigenvalue weighted by Crippen LogP contribution is 2.24. The summed E-state index contributed by atoms with van der Waals surface area (Å²) in [6, 6.07) is 8.13. The molecule has 0 spiro atoms. The van der Waals surface area contributed by atoms with Gasteiger partial charge in [0.2, 0.25) is 0 Å². The molecular formula is C19H18FN3O3. The number of fused-ring (bicyclic) bond motifs is 1. The number of carbonyl (C=O) groups excluding carboxylic acids is 1. The third-order valence-electron chi connectivity index (χ3n) is 3.95. The van der Waals surface area contributed by atoms with Crippen LogP contribution in [0.4, 0.5) is 4.39 Å². The molecule has 0 unspecified atom stereocenters. The minimum Gasteiger partial charge on any atom is -0.501 e. The lowest BCUT2D eigenvalue weighted by atomic mass is 10.1. The second-order valence-electron chi connectivity index (χ2n) is 5.59. The number of nitrogens with one attached hydrogen (secondary N) is 1. The van der Waals surface area contributed by atoms with E-state index < -0.39 is 5.91 Å². The first-order chi connectivity index (χ1) is 12.6. The van der Waals surface area contributed by atoms with Crippen LogP contribution in [-0.2, 0) is 11.3 Å². The molecule has 0 fully saturated rings. The van der Waals surface area contributed by atoms with Gasteiger partial charge < -0.3 is 9.30 Å². The fourth-order valence-electron chi connectivity index (χ4n) is 2.72. The summed E-state index contributed by atoms with van der Waals surface area (Å²) < 4.78 is 20.3. The molecule has 0 saturated heterocycles. The molecule has 0 aliphatic rings. The normalized spacial score (nSPS) is 11.2. The Balaban J connectivity index is 2.04. The standard InChI is InChI=1S/C19H18FN3O3/c1-2-26-10-8-16-15-7-9-23(12-13-3-5-14(20)6-4-13)17(15)11-21-18(16)19(24)22-25/h3-11,25H,2,12H2,1H3,(H,22,24)/b10-8+. The third-order valence-corrected chi connectivity index (χ3v) is 3.95. The van der Waals surface area contributed by atoms with Crippen molar-refractivity contribution >= 4 is 22.9 Å². The molecule has 2 heterocycles. The van der Waals surface area contributed by atoms with Gasteiger partial charge in [0.25, 0.3) is 5.91 Å². The summed E-state index contributed by atoms with van der Waals surface area (Å²) in [4.78, 5) is 16.1. The van der Waals surface area contributed by atoms with Gasteiger partial charge in [0, 0.05) is 23.7 Å². The number of halogens is 1. The lowest BCUT2D eigenvalue weighted by molar-refractivity contribution is 0.0700. The van der Waals surface area contributed by atoms with Gasteiger partial charge >= 0.3 is 0 Å². The Kier molecular flexibility index (Phi) is 5.28. The average Bonchev–Trinajstić information content (AvgIpc) is 3.06. The SMILES string of the molecule is CCO/C=C/c1c(C(=O)NO)ncc2c1ccn2Cc1ccc(F)cc1. The number of pyridine rings is 1. The number of nitrogens with zero attached hydrogens (tertiary/aromatic N) is 2. The van der Waals surface area contributed by atoms with Crippen molar-refractivity contribution in [3.05, 3.63) is 71.6 Å². The number of hydrogen-bond donors (Lipinski definition) is 2. The molecule has 1 amide bonds. The van der Waals surface area contributed by atoms with Crippen LogP contribution in [0.25, 0.3) is 17.0 Å². The van der Waals surface area contributed by atoms with Crippen LogP contribution in [0.5, 0.6) is 0 Å². The minimum atomic E-state index is -0.700. The average molecular weight is 355 g/mol. The Morgan fingerprint density at radius 1 is 1.35 bits per heavy atom. The fourth-order valence-corrected chi connectivity index (χ4v) is 2.72. The lowest BCUT2D eigenvalue weighted by Gasteiger charge is -2.09. The Morgan fingerprint density at radius 2 is 2.12 bits per heavy atom. The van der Waals surface area contributed by atoms with Crippen molar-refractivity contribution < 1.29 is 19.1 Å². The van der Waals surface area contributed by atoms with Crippen molar-refractivity contribution in [3.8, 4) is 0 Å². The molecule has 0 aliphatic carbocycles. The molecule has 0 bridgehead atoms. The number of hydrogen-bond acceptors (Lipinski definition) is 4. The molecule has 0 atom stereocenters. The van der Waals surface area contributed by atoms with Gasteiger partial charge in [0.15, 0.2) is 0 Å². The fraction of sp³-hybridized carbons (Fsp3) is 0.158. The van der Waals surface area contributed by atoms with Crippen LogP contribution in [0, 0.1) is 5.82 Å². The van der Waals surface area contributed by atoms with Crippen LogP contribution < -0.4 is 5.48 Å². The zero-order valence-corrected chi connectivity index (χ0v) is 14.1. The summed E-state index contributed by atoms with van der Waals surface area (Å²) >= 11 is 0. The smallest absolute Gasteiger partial charge is 0.293 e. The van der Waals surface area contributed by atoms with Gasteiger partial charge in [-0.05, 0) is 36.8 Å². The van der Waals surface area contributed by atoms with Crippen molar-refractivity contribution in [2.45, 2.75) is 13.5 Å². The van der Waals surface area contributed by atoms with Crippen LogP contribution in [0.2, 0.25) is 0 Å². The Hall–Kier alpha value is -3.19. The van der Waals surface area contributed by atoms with Gasteiger partial charge in [0.05, 0.1) is 24.6 Å². The van der Waals surface area contributed by atoms with E-state index in [-0.39, 0.29) is 11.5 Å². The van der Waals surface area contributed by atoms with Gasteiger partial charge in [-0.25, -0.2) is 14.9 Å². The molecule has 0 saturated carbocycles. The first kappa shape index (κ1) is 17.6. The van der Waals surface area contributed by atoms with Gasteiger partial charge in [-0.1, -0.05) is 12.1 Å². The number of carbonyl (C=O) groups is 1. The molecule has 0 radical (unpaired) electrons. The monoisotopic (exact) mass is 355 g/mol. The molecule has 2 N–H and O–H groups in total. The maximum Gasteiger partial charge on any atom is 0.293 e. The van der Waals surface area contributed by atoms with Crippen LogP contribution in [0.15, 0.2) is 49.0 Å². The Labute approximate surface area is 149 Å². The Bertz CT molecular complexity index is 949. The highest BCUT2D eigenvalue weighted by atomic mass is 19.1. The van der Waals surface area contributed by atoms with E-state index in [9.17, 15) is 9.18 Å². The number of amides is 1. The molecule has 26 heavy (non-hydrogen) atoms. The number of aromatic nitrogens is 2. The first-order valence-electron chi connectivity index (χ1n) is 8.09. The number of rotatable bonds is 6. The van der Waals surface area contributed by atoms with Crippen LogP contribution >= 0.6 is 0 Å². The molecular weight excluding hydrogens is 337 g/mol. The zero-order chi connectivity index (χ0) is 18.5. The van der Waals surface area contributed by atoms with Gasteiger partial charge in [-0.2, -0.15) is 0 Å². The van der Waals surface area contributed by atoms with E-state index in [4.69, 9.17) is 9.94 Å². The summed E-state index contributed by atoms with van der Waals surface area (Å²) in [6.07, 6.45) is 6.57. The molecule has 7 heteroatoms. The second kappa shape index (κ2) is 7.79. The molecule has 2 aromatic heterocycles. The van der Waals surface area contributed by atoms with E-state index >= 15 is 0 Å². The molecule has 1 aromatic carbocycles. The van der Waals surface area contributed by atoms with E-state index in [1.807, 2.05) is 23.8 Å². The predicted octanol–water partition coefficient (Wildman–Crippen LogP) is 3.35. The summed E-state index contributed by atoms with van der Waals surface area (Å²) in [7, 11) is 0. The molecule has 0 aliphatic heterocycles. The largest absolute Gasteiger partial charge is 0.501 e. The van der Waals surface area contributed by atoms with E-state index in [1.54, 1.807) is 29.9 Å². The maximum absolute atomic E-state index is 13.1. The number of benzene rings is 1. The summed E-state index contributed by atoms with van der Waals surface area (Å²) in [5.41, 5.74) is 3.99. The van der Waals surface area contributed by atoms with Crippen molar-refractivity contribution in [2.24, 2.45) is 0 Å². The molecule has 3 rings (SSSR count).